The van der Waals surface area contributed by atoms with E-state index in [2.05, 4.69) is 40.7 Å². The quantitative estimate of drug-likeness (QED) is 0.276. The van der Waals surface area contributed by atoms with Crippen molar-refractivity contribution in [2.45, 2.75) is 61.3 Å². The molecule has 0 saturated heterocycles. The number of hydrogen-bond donors (Lipinski definition) is 0. The summed E-state index contributed by atoms with van der Waals surface area (Å²) in [6.07, 6.45) is 5.92. The van der Waals surface area contributed by atoms with Crippen molar-refractivity contribution < 1.29 is 9.53 Å². The minimum absolute atomic E-state index is 0.262. The maximum atomic E-state index is 11.4. The Labute approximate surface area is 124 Å². The number of allylic oxidation sites excluding steroid dienone is 5. The Bertz CT molecular complexity index is 407. The van der Waals surface area contributed by atoms with Crippen LogP contribution in [0.1, 0.15) is 61.3 Å². The first-order valence-corrected chi connectivity index (χ1v) is 7.44. The summed E-state index contributed by atoms with van der Waals surface area (Å²) in [6, 6.07) is 0. The highest BCUT2D eigenvalue weighted by molar-refractivity contribution is 5.83. The van der Waals surface area contributed by atoms with Gasteiger partial charge in [0.15, 0.2) is 0 Å². The lowest BCUT2D eigenvalue weighted by Gasteiger charge is -2.13. The van der Waals surface area contributed by atoms with E-state index in [1.165, 1.54) is 16.7 Å². The molecule has 0 spiro atoms. The predicted octanol–water partition coefficient (Wildman–Crippen LogP) is 5.21. The first-order chi connectivity index (χ1) is 9.27. The van der Waals surface area contributed by atoms with Gasteiger partial charge in [-0.3, -0.25) is 0 Å². The van der Waals surface area contributed by atoms with Crippen LogP contribution in [0.25, 0.3) is 0 Å². The fourth-order valence-corrected chi connectivity index (χ4v) is 1.82. The van der Waals surface area contributed by atoms with Gasteiger partial charge in [0.2, 0.25) is 0 Å². The fraction of sp³-hybridized carbons (Fsp3) is 0.611. The van der Waals surface area contributed by atoms with E-state index < -0.39 is 0 Å². The van der Waals surface area contributed by atoms with Gasteiger partial charge in [-0.25, -0.2) is 4.79 Å². The van der Waals surface area contributed by atoms with E-state index in [0.29, 0.717) is 12.5 Å². The van der Waals surface area contributed by atoms with Crippen molar-refractivity contribution in [2.75, 3.05) is 6.61 Å². The molecule has 0 fully saturated rings. The summed E-state index contributed by atoms with van der Waals surface area (Å²) in [7, 11) is 0. The highest BCUT2D eigenvalue weighted by Crippen LogP contribution is 2.21. The Morgan fingerprint density at radius 3 is 2.20 bits per heavy atom. The van der Waals surface area contributed by atoms with Gasteiger partial charge in [0.1, 0.15) is 0 Å². The molecule has 2 heteroatoms. The second kappa shape index (κ2) is 9.57. The smallest absolute Gasteiger partial charge is 0.330 e. The zero-order valence-electron chi connectivity index (χ0n) is 14.2. The zero-order chi connectivity index (χ0) is 15.7. The number of rotatable bonds is 7. The Morgan fingerprint density at radius 2 is 1.70 bits per heavy atom. The van der Waals surface area contributed by atoms with Gasteiger partial charge in [0, 0.05) is 6.08 Å². The van der Waals surface area contributed by atoms with E-state index in [4.69, 9.17) is 4.74 Å². The van der Waals surface area contributed by atoms with Crippen molar-refractivity contribution in [3.63, 3.8) is 0 Å². The average Bonchev–Trinajstić information content (AvgIpc) is 2.34. The van der Waals surface area contributed by atoms with Gasteiger partial charge in [-0.15, -0.1) is 0 Å². The highest BCUT2D eigenvalue weighted by atomic mass is 16.5. The fourth-order valence-electron chi connectivity index (χ4n) is 1.82. The van der Waals surface area contributed by atoms with Gasteiger partial charge < -0.3 is 4.74 Å². The maximum Gasteiger partial charge on any atom is 0.330 e. The SMILES string of the molecule is CCOC(=O)/C=C(C)/C=C(\C)C(C)CCC(C)=C(C)C. The van der Waals surface area contributed by atoms with Crippen LogP contribution in [0.15, 0.2) is 34.4 Å². The van der Waals surface area contributed by atoms with Crippen molar-refractivity contribution in [1.82, 2.24) is 0 Å². The van der Waals surface area contributed by atoms with Crippen LogP contribution in [0, 0.1) is 5.92 Å². The Balaban J connectivity index is 4.56. The monoisotopic (exact) mass is 278 g/mol. The lowest BCUT2D eigenvalue weighted by molar-refractivity contribution is -0.137. The molecule has 0 amide bonds. The average molecular weight is 278 g/mol. The third-order valence-corrected chi connectivity index (χ3v) is 3.67. The number of esters is 1. The third kappa shape index (κ3) is 7.98. The molecule has 0 aliphatic rings. The molecule has 0 aliphatic heterocycles. The second-order valence-electron chi connectivity index (χ2n) is 5.75. The Hall–Kier alpha value is -1.31. The van der Waals surface area contributed by atoms with E-state index in [-0.39, 0.29) is 5.97 Å². The summed E-state index contributed by atoms with van der Waals surface area (Å²) in [4.78, 5) is 11.4. The zero-order valence-corrected chi connectivity index (χ0v) is 14.2. The van der Waals surface area contributed by atoms with Crippen LogP contribution in [0.5, 0.6) is 0 Å². The van der Waals surface area contributed by atoms with Crippen molar-refractivity contribution in [2.24, 2.45) is 5.92 Å². The lowest BCUT2D eigenvalue weighted by atomic mass is 9.93. The van der Waals surface area contributed by atoms with E-state index >= 15 is 0 Å². The van der Waals surface area contributed by atoms with Crippen LogP contribution >= 0.6 is 0 Å². The third-order valence-electron chi connectivity index (χ3n) is 3.67. The van der Waals surface area contributed by atoms with Crippen LogP contribution in [-0.4, -0.2) is 12.6 Å². The molecule has 0 saturated carbocycles. The van der Waals surface area contributed by atoms with Crippen LogP contribution in [-0.2, 0) is 9.53 Å². The summed E-state index contributed by atoms with van der Waals surface area (Å²) in [5.74, 6) is 0.261. The molecule has 0 aromatic heterocycles. The first kappa shape index (κ1) is 18.7. The summed E-state index contributed by atoms with van der Waals surface area (Å²) in [5, 5.41) is 0. The molecule has 0 aromatic carbocycles. The largest absolute Gasteiger partial charge is 0.463 e. The first-order valence-electron chi connectivity index (χ1n) is 7.44. The minimum Gasteiger partial charge on any atom is -0.463 e. The minimum atomic E-state index is -0.262. The molecule has 0 aliphatic carbocycles. The highest BCUT2D eigenvalue weighted by Gasteiger charge is 2.06. The topological polar surface area (TPSA) is 26.3 Å². The van der Waals surface area contributed by atoms with E-state index in [1.54, 1.807) is 6.08 Å². The van der Waals surface area contributed by atoms with E-state index in [9.17, 15) is 4.79 Å². The van der Waals surface area contributed by atoms with E-state index in [0.717, 1.165) is 18.4 Å². The summed E-state index contributed by atoms with van der Waals surface area (Å²) < 4.78 is 4.91. The van der Waals surface area contributed by atoms with Crippen LogP contribution < -0.4 is 0 Å². The molecule has 20 heavy (non-hydrogen) atoms. The van der Waals surface area contributed by atoms with Gasteiger partial charge >= 0.3 is 5.97 Å². The van der Waals surface area contributed by atoms with Crippen molar-refractivity contribution >= 4 is 5.97 Å². The normalized spacial score (nSPS) is 13.9. The van der Waals surface area contributed by atoms with Crippen molar-refractivity contribution in [1.29, 1.82) is 0 Å². The number of carbonyl (C=O) groups excluding carboxylic acids is 1. The van der Waals surface area contributed by atoms with Crippen molar-refractivity contribution in [3.8, 4) is 0 Å². The predicted molar refractivity (Wildman–Crippen MR) is 86.6 cm³/mol. The number of ether oxygens (including phenoxy) is 1. The molecule has 0 bridgehead atoms. The van der Waals surface area contributed by atoms with Gasteiger partial charge in [-0.1, -0.05) is 29.7 Å². The lowest BCUT2D eigenvalue weighted by Crippen LogP contribution is -2.01. The van der Waals surface area contributed by atoms with Crippen molar-refractivity contribution in [3.05, 3.63) is 34.4 Å². The van der Waals surface area contributed by atoms with Crippen LogP contribution in [0.3, 0.4) is 0 Å². The number of carbonyl (C=O) groups is 1. The van der Waals surface area contributed by atoms with Gasteiger partial charge in [-0.05, 0) is 65.9 Å². The molecule has 1 unspecified atom stereocenters. The summed E-state index contributed by atoms with van der Waals surface area (Å²) in [6.45, 7) is 15.1. The molecule has 0 rings (SSSR count). The van der Waals surface area contributed by atoms with Crippen LogP contribution in [0.2, 0.25) is 0 Å². The Morgan fingerprint density at radius 1 is 1.10 bits per heavy atom. The molecule has 0 heterocycles. The van der Waals surface area contributed by atoms with Gasteiger partial charge in [0.05, 0.1) is 6.61 Å². The number of hydrogen-bond acceptors (Lipinski definition) is 2. The maximum absolute atomic E-state index is 11.4. The molecule has 0 aromatic rings. The molecular weight excluding hydrogens is 248 g/mol. The molecular formula is C18H30O2. The summed E-state index contributed by atoms with van der Waals surface area (Å²) >= 11 is 0. The van der Waals surface area contributed by atoms with Crippen LogP contribution in [0.4, 0.5) is 0 Å². The van der Waals surface area contributed by atoms with Gasteiger partial charge in [0.25, 0.3) is 0 Å². The standard InChI is InChI=1S/C18H30O2/c1-8-20-18(19)12-14(4)11-17(7)16(6)10-9-15(5)13(2)3/h11-12,16H,8-10H2,1-7H3/b14-12+,17-11+. The molecule has 114 valence electrons. The Kier molecular flexibility index (Phi) is 8.94. The molecule has 2 nitrogen and oxygen atoms in total. The van der Waals surface area contributed by atoms with E-state index in [1.807, 2.05) is 13.8 Å². The summed E-state index contributed by atoms with van der Waals surface area (Å²) in [5.41, 5.74) is 5.15. The molecule has 0 N–H and O–H groups in total. The van der Waals surface area contributed by atoms with Gasteiger partial charge in [-0.2, -0.15) is 0 Å². The molecule has 1 atom stereocenters. The second-order valence-corrected chi connectivity index (χ2v) is 5.75. The molecule has 0 radical (unpaired) electrons.